The van der Waals surface area contributed by atoms with Gasteiger partial charge in [-0.3, -0.25) is 37.3 Å². The lowest BCUT2D eigenvalue weighted by Gasteiger charge is -2.21. The summed E-state index contributed by atoms with van der Waals surface area (Å²) in [6, 6.07) is 0. The van der Waals surface area contributed by atoms with Crippen LogP contribution in [0.15, 0.2) is 0 Å². The lowest BCUT2D eigenvalue weighted by atomic mass is 10.0. The van der Waals surface area contributed by atoms with Gasteiger partial charge in [0.15, 0.2) is 12.2 Å². The molecule has 510 valence electrons. The molecule has 17 nitrogen and oxygen atoms in total. The molecule has 86 heavy (non-hydrogen) atoms. The maximum absolute atomic E-state index is 13.0. The molecule has 0 amide bonds. The Bertz CT molecular complexity index is 1710. The molecule has 0 spiro atoms. The van der Waals surface area contributed by atoms with Gasteiger partial charge in [-0.05, 0) is 49.4 Å². The number of aliphatic hydroxyl groups excluding tert-OH is 1. The summed E-state index contributed by atoms with van der Waals surface area (Å²) in [4.78, 5) is 72.2. The number of carbonyl (C=O) groups is 4. The first-order valence-corrected chi connectivity index (χ1v) is 37.7. The lowest BCUT2D eigenvalue weighted by Crippen LogP contribution is -2.30. The second-order valence-electron chi connectivity index (χ2n) is 26.1. The van der Waals surface area contributed by atoms with E-state index in [4.69, 9.17) is 37.0 Å². The predicted octanol–water partition coefficient (Wildman–Crippen LogP) is 18.5. The Morgan fingerprint density at radius 1 is 0.291 bits per heavy atom. The molecule has 0 aromatic rings. The molecular formula is C67H130O17P2. The van der Waals surface area contributed by atoms with Crippen LogP contribution in [0.2, 0.25) is 0 Å². The van der Waals surface area contributed by atoms with E-state index in [0.29, 0.717) is 43.4 Å². The molecule has 0 radical (unpaired) electrons. The van der Waals surface area contributed by atoms with E-state index in [1.165, 1.54) is 116 Å². The van der Waals surface area contributed by atoms with Gasteiger partial charge in [0.05, 0.1) is 26.4 Å². The molecule has 0 fully saturated rings. The Hall–Kier alpha value is -1.94. The highest BCUT2D eigenvalue weighted by Gasteiger charge is 2.30. The molecule has 0 saturated heterocycles. The van der Waals surface area contributed by atoms with E-state index in [0.717, 1.165) is 109 Å². The summed E-state index contributed by atoms with van der Waals surface area (Å²) in [5.41, 5.74) is 0. The van der Waals surface area contributed by atoms with Crippen molar-refractivity contribution in [1.29, 1.82) is 0 Å². The summed E-state index contributed by atoms with van der Waals surface area (Å²) in [6.07, 6.45) is 38.1. The maximum atomic E-state index is 13.0. The Labute approximate surface area is 524 Å². The largest absolute Gasteiger partial charge is 0.472 e. The third-order valence-corrected chi connectivity index (χ3v) is 17.2. The number of esters is 4. The van der Waals surface area contributed by atoms with Crippen LogP contribution in [0.1, 0.15) is 325 Å². The predicted molar refractivity (Wildman–Crippen MR) is 344 cm³/mol. The first-order valence-electron chi connectivity index (χ1n) is 34.7. The summed E-state index contributed by atoms with van der Waals surface area (Å²) in [6.45, 7) is 13.9. The minimum Gasteiger partial charge on any atom is -0.462 e. The van der Waals surface area contributed by atoms with Gasteiger partial charge in [-0.1, -0.05) is 274 Å². The Balaban J connectivity index is 5.19. The second kappa shape index (κ2) is 57.0. The Kier molecular flexibility index (Phi) is 55.7. The van der Waals surface area contributed by atoms with Crippen LogP contribution in [0.5, 0.6) is 0 Å². The number of aliphatic hydroxyl groups is 1. The molecule has 0 aliphatic carbocycles. The third-order valence-electron chi connectivity index (χ3n) is 15.3. The van der Waals surface area contributed by atoms with Crippen molar-refractivity contribution in [2.45, 2.75) is 343 Å². The van der Waals surface area contributed by atoms with Gasteiger partial charge in [-0.15, -0.1) is 0 Å². The topological polar surface area (TPSA) is 237 Å². The van der Waals surface area contributed by atoms with E-state index in [-0.39, 0.29) is 25.7 Å². The van der Waals surface area contributed by atoms with E-state index in [9.17, 15) is 43.2 Å². The number of ether oxygens (including phenoxy) is 4. The molecule has 0 saturated carbocycles. The fourth-order valence-corrected chi connectivity index (χ4v) is 11.5. The number of hydrogen-bond acceptors (Lipinski definition) is 15. The van der Waals surface area contributed by atoms with E-state index < -0.39 is 97.5 Å². The first kappa shape index (κ1) is 84.1. The minimum absolute atomic E-state index is 0.100. The van der Waals surface area contributed by atoms with Crippen LogP contribution in [-0.4, -0.2) is 96.7 Å². The van der Waals surface area contributed by atoms with Gasteiger partial charge in [0.1, 0.15) is 19.3 Å². The average molecular weight is 1270 g/mol. The SMILES string of the molecule is CC(C)CCCCCCCCCCCCCCCCCC(=O)O[C@H](COC(=O)CCCCCCCCCC(C)C)COP(=O)(O)OC[C@@H](O)COP(=O)(O)OC[C@@H](COC(=O)CCCCCCCCC(C)C)OC(=O)CCCCCCCCC(C)C. The zero-order chi connectivity index (χ0) is 63.9. The molecule has 0 aliphatic heterocycles. The standard InChI is InChI=1S/C67H130O17P2/c1-57(2)43-35-27-19-16-14-12-10-9-11-13-15-17-21-33-41-49-66(71)83-62(53-77-64(69)47-39-31-22-18-20-28-36-44-58(3)4)55-81-85(73,74)79-51-61(68)52-80-86(75,76)82-56-63(84-67(72)50-42-34-26-24-30-38-46-60(7)8)54-78-65(70)48-40-32-25-23-29-37-45-59(5)6/h57-63,68H,9-56H2,1-8H3,(H,73,74)(H,75,76)/t61-,62-,63-/m1/s1. The number of rotatable bonds is 64. The second-order valence-corrected chi connectivity index (χ2v) is 29.0. The van der Waals surface area contributed by atoms with E-state index in [2.05, 4.69) is 55.4 Å². The number of hydrogen-bond donors (Lipinski definition) is 3. The van der Waals surface area contributed by atoms with Crippen molar-refractivity contribution in [1.82, 2.24) is 0 Å². The van der Waals surface area contributed by atoms with E-state index in [1.54, 1.807) is 0 Å². The maximum Gasteiger partial charge on any atom is 0.472 e. The average Bonchev–Trinajstić information content (AvgIpc) is 3.56. The summed E-state index contributed by atoms with van der Waals surface area (Å²) in [7, 11) is -9.89. The number of carbonyl (C=O) groups excluding carboxylic acids is 4. The summed E-state index contributed by atoms with van der Waals surface area (Å²) < 4.78 is 68.0. The molecule has 0 aromatic heterocycles. The zero-order valence-corrected chi connectivity index (χ0v) is 57.7. The summed E-state index contributed by atoms with van der Waals surface area (Å²) in [5, 5.41) is 10.5. The van der Waals surface area contributed by atoms with Crippen LogP contribution in [0.4, 0.5) is 0 Å². The van der Waals surface area contributed by atoms with Crippen molar-refractivity contribution < 1.29 is 80.2 Å². The summed E-state index contributed by atoms with van der Waals surface area (Å²) >= 11 is 0. The van der Waals surface area contributed by atoms with Crippen molar-refractivity contribution in [3.8, 4) is 0 Å². The molecule has 0 aromatic carbocycles. The molecule has 0 rings (SSSR count). The molecule has 2 unspecified atom stereocenters. The molecule has 3 N–H and O–H groups in total. The zero-order valence-electron chi connectivity index (χ0n) is 55.9. The Morgan fingerprint density at radius 3 is 0.721 bits per heavy atom. The molecule has 0 aliphatic rings. The van der Waals surface area contributed by atoms with Gasteiger partial charge in [-0.25, -0.2) is 9.13 Å². The van der Waals surface area contributed by atoms with Crippen molar-refractivity contribution in [2.75, 3.05) is 39.6 Å². The number of unbranched alkanes of at least 4 members (excludes halogenated alkanes) is 30. The van der Waals surface area contributed by atoms with E-state index >= 15 is 0 Å². The van der Waals surface area contributed by atoms with Gasteiger partial charge >= 0.3 is 39.5 Å². The van der Waals surface area contributed by atoms with Crippen LogP contribution in [0.3, 0.4) is 0 Å². The van der Waals surface area contributed by atoms with Gasteiger partial charge in [-0.2, -0.15) is 0 Å². The molecule has 0 bridgehead atoms. The number of phosphoric ester groups is 2. The van der Waals surface area contributed by atoms with Crippen molar-refractivity contribution in [3.05, 3.63) is 0 Å². The molecule has 5 atom stereocenters. The highest BCUT2D eigenvalue weighted by atomic mass is 31.2. The smallest absolute Gasteiger partial charge is 0.462 e. The fraction of sp³-hybridized carbons (Fsp3) is 0.940. The summed E-state index contributed by atoms with van der Waals surface area (Å²) in [5.74, 6) is 0.716. The van der Waals surface area contributed by atoms with Crippen molar-refractivity contribution in [2.24, 2.45) is 23.7 Å². The third kappa shape index (κ3) is 60.9. The molecule has 0 heterocycles. The monoisotopic (exact) mass is 1270 g/mol. The lowest BCUT2D eigenvalue weighted by molar-refractivity contribution is -0.161. The molecule has 19 heteroatoms. The van der Waals surface area contributed by atoms with Crippen molar-refractivity contribution in [3.63, 3.8) is 0 Å². The van der Waals surface area contributed by atoms with Gasteiger partial charge in [0, 0.05) is 25.7 Å². The molecular weight excluding hydrogens is 1140 g/mol. The fourth-order valence-electron chi connectivity index (χ4n) is 9.96. The van der Waals surface area contributed by atoms with Gasteiger partial charge in [0.2, 0.25) is 0 Å². The van der Waals surface area contributed by atoms with Gasteiger partial charge in [0.25, 0.3) is 0 Å². The number of phosphoric acid groups is 2. The quantitative estimate of drug-likeness (QED) is 0.0222. The van der Waals surface area contributed by atoms with Crippen LogP contribution >= 0.6 is 15.6 Å². The van der Waals surface area contributed by atoms with E-state index in [1.807, 2.05) is 0 Å². The highest BCUT2D eigenvalue weighted by molar-refractivity contribution is 7.47. The minimum atomic E-state index is -4.95. The van der Waals surface area contributed by atoms with Crippen molar-refractivity contribution >= 4 is 39.5 Å². The van der Waals surface area contributed by atoms with Crippen LogP contribution in [0, 0.1) is 23.7 Å². The van der Waals surface area contributed by atoms with Crippen LogP contribution < -0.4 is 0 Å². The Morgan fingerprint density at radius 2 is 0.488 bits per heavy atom. The first-order chi connectivity index (χ1) is 41.1. The van der Waals surface area contributed by atoms with Crippen LogP contribution in [-0.2, 0) is 65.4 Å². The van der Waals surface area contributed by atoms with Gasteiger partial charge < -0.3 is 33.8 Å². The van der Waals surface area contributed by atoms with Crippen LogP contribution in [0.25, 0.3) is 0 Å². The highest BCUT2D eigenvalue weighted by Crippen LogP contribution is 2.45. The normalized spacial score (nSPS) is 14.4.